The van der Waals surface area contributed by atoms with E-state index >= 15 is 0 Å². The molecule has 3 amide bonds. The van der Waals surface area contributed by atoms with Gasteiger partial charge in [-0.25, -0.2) is 18.1 Å². The van der Waals surface area contributed by atoms with Crippen LogP contribution in [0.4, 0.5) is 0 Å². The molecule has 6 rings (SSSR count). The number of benzene rings is 4. The topological polar surface area (TPSA) is 131 Å². The number of carbonyl (C=O) groups excluding carboxylic acids is 3. The zero-order chi connectivity index (χ0) is 41.5. The molecule has 11 nitrogen and oxygen atoms in total. The third-order valence-electron chi connectivity index (χ3n) is 10.5. The Balaban J connectivity index is 1.40. The van der Waals surface area contributed by atoms with Crippen LogP contribution in [0.2, 0.25) is 25.7 Å². The van der Waals surface area contributed by atoms with Crippen molar-refractivity contribution in [2.75, 3.05) is 26.2 Å². The second kappa shape index (κ2) is 18.6. The van der Waals surface area contributed by atoms with Gasteiger partial charge in [-0.3, -0.25) is 14.4 Å². The first-order valence-electron chi connectivity index (χ1n) is 20.3. The minimum absolute atomic E-state index is 0.0139. The normalized spacial score (nSPS) is 13.0. The summed E-state index contributed by atoms with van der Waals surface area (Å²) < 4.78 is 37.3. The number of hydrogen-bond acceptors (Lipinski definition) is 7. The SMILES string of the molecule is CCCCN(CCCC)C(=O)c1cn(COCC[Si](C)(C)C)c(-c2ccc(C(=O)NS(=O)(=O)c3ccc4ccccc4c3)cc2C(=O)N2CCc3ccccc3C2)n1. The van der Waals surface area contributed by atoms with Crippen molar-refractivity contribution in [1.29, 1.82) is 0 Å². The average Bonchev–Trinajstić information content (AvgIpc) is 3.64. The van der Waals surface area contributed by atoms with E-state index < -0.39 is 24.0 Å². The Kier molecular flexibility index (Phi) is 13.7. The second-order valence-electron chi connectivity index (χ2n) is 16.2. The first kappa shape index (κ1) is 42.5. The Morgan fingerprint density at radius 1 is 0.862 bits per heavy atom. The maximum atomic E-state index is 14.7. The van der Waals surface area contributed by atoms with Crippen LogP contribution in [-0.4, -0.2) is 79.8 Å². The van der Waals surface area contributed by atoms with Crippen LogP contribution in [0.5, 0.6) is 0 Å². The van der Waals surface area contributed by atoms with Crippen molar-refractivity contribution in [2.45, 2.75) is 89.8 Å². The molecule has 1 aromatic heterocycles. The van der Waals surface area contributed by atoms with E-state index in [0.29, 0.717) is 50.6 Å². The number of aromatic nitrogens is 2. The van der Waals surface area contributed by atoms with E-state index in [1.54, 1.807) is 33.9 Å². The lowest BCUT2D eigenvalue weighted by Crippen LogP contribution is -2.36. The summed E-state index contributed by atoms with van der Waals surface area (Å²) in [6.45, 7) is 13.7. The lowest BCUT2D eigenvalue weighted by atomic mass is 9.97. The highest BCUT2D eigenvalue weighted by Crippen LogP contribution is 2.30. The Morgan fingerprint density at radius 2 is 1.55 bits per heavy atom. The Hall–Kier alpha value is -5.11. The quantitative estimate of drug-likeness (QED) is 0.0737. The van der Waals surface area contributed by atoms with Crippen molar-refractivity contribution in [3.8, 4) is 11.4 Å². The van der Waals surface area contributed by atoms with Gasteiger partial charge in [0.15, 0.2) is 0 Å². The van der Waals surface area contributed by atoms with Gasteiger partial charge in [-0.2, -0.15) is 0 Å². The van der Waals surface area contributed by atoms with Gasteiger partial charge >= 0.3 is 0 Å². The first-order chi connectivity index (χ1) is 27.8. The molecule has 2 heterocycles. The van der Waals surface area contributed by atoms with Crippen LogP contribution in [0.1, 0.15) is 81.9 Å². The van der Waals surface area contributed by atoms with Crippen molar-refractivity contribution in [1.82, 2.24) is 24.1 Å². The summed E-state index contributed by atoms with van der Waals surface area (Å²) in [6.07, 6.45) is 5.96. The number of imidazole rings is 1. The van der Waals surface area contributed by atoms with E-state index in [4.69, 9.17) is 9.72 Å². The van der Waals surface area contributed by atoms with E-state index in [9.17, 15) is 22.8 Å². The molecule has 58 heavy (non-hydrogen) atoms. The summed E-state index contributed by atoms with van der Waals surface area (Å²) in [4.78, 5) is 51.0. The number of nitrogens with one attached hydrogen (secondary N) is 1. The zero-order valence-corrected chi connectivity index (χ0v) is 36.1. The van der Waals surface area contributed by atoms with Gasteiger partial charge in [0.2, 0.25) is 0 Å². The molecular formula is C45H55N5O6SSi. The van der Waals surface area contributed by atoms with Gasteiger partial charge in [-0.1, -0.05) is 101 Å². The highest BCUT2D eigenvalue weighted by molar-refractivity contribution is 7.90. The Bertz CT molecular complexity index is 2380. The van der Waals surface area contributed by atoms with Crippen LogP contribution in [0.25, 0.3) is 22.2 Å². The second-order valence-corrected chi connectivity index (χ2v) is 23.5. The minimum atomic E-state index is -4.27. The van der Waals surface area contributed by atoms with Crippen molar-refractivity contribution < 1.29 is 27.5 Å². The maximum Gasteiger partial charge on any atom is 0.274 e. The number of rotatable bonds is 17. The monoisotopic (exact) mass is 821 g/mol. The van der Waals surface area contributed by atoms with Gasteiger partial charge in [-0.05, 0) is 77.5 Å². The van der Waals surface area contributed by atoms with Crippen molar-refractivity contribution in [3.63, 3.8) is 0 Å². The van der Waals surface area contributed by atoms with Crippen LogP contribution >= 0.6 is 0 Å². The molecule has 4 aromatic carbocycles. The summed E-state index contributed by atoms with van der Waals surface area (Å²) in [5.41, 5.74) is 2.99. The Labute approximate surface area is 343 Å². The number of carbonyl (C=O) groups is 3. The predicted molar refractivity (Wildman–Crippen MR) is 231 cm³/mol. The minimum Gasteiger partial charge on any atom is -0.361 e. The molecule has 5 aromatic rings. The molecule has 0 fully saturated rings. The average molecular weight is 822 g/mol. The van der Waals surface area contributed by atoms with E-state index in [0.717, 1.165) is 48.1 Å². The third-order valence-corrected chi connectivity index (χ3v) is 13.5. The van der Waals surface area contributed by atoms with Gasteiger partial charge in [0.05, 0.1) is 10.5 Å². The highest BCUT2D eigenvalue weighted by atomic mass is 32.2. The van der Waals surface area contributed by atoms with Crippen molar-refractivity contribution in [2.24, 2.45) is 0 Å². The van der Waals surface area contributed by atoms with E-state index in [1.807, 2.05) is 41.3 Å². The number of sulfonamides is 1. The molecule has 0 bridgehead atoms. The molecule has 0 atom stereocenters. The number of amides is 3. The number of nitrogens with zero attached hydrogens (tertiary/aromatic N) is 4. The van der Waals surface area contributed by atoms with Gasteiger partial charge in [-0.15, -0.1) is 0 Å². The summed E-state index contributed by atoms with van der Waals surface area (Å²) >= 11 is 0. The predicted octanol–water partition coefficient (Wildman–Crippen LogP) is 8.38. The molecule has 0 unspecified atom stereocenters. The lowest BCUT2D eigenvalue weighted by Gasteiger charge is -2.29. The van der Waals surface area contributed by atoms with E-state index in [-0.39, 0.29) is 40.3 Å². The van der Waals surface area contributed by atoms with Crippen LogP contribution < -0.4 is 4.72 Å². The molecule has 0 aliphatic carbocycles. The number of hydrogen-bond donors (Lipinski definition) is 1. The van der Waals surface area contributed by atoms with Gasteiger partial charge < -0.3 is 19.1 Å². The van der Waals surface area contributed by atoms with Gasteiger partial charge in [0.1, 0.15) is 18.2 Å². The summed E-state index contributed by atoms with van der Waals surface area (Å²) in [6, 6.07) is 25.5. The van der Waals surface area contributed by atoms with Crippen LogP contribution in [0.15, 0.2) is 96.0 Å². The Morgan fingerprint density at radius 3 is 2.26 bits per heavy atom. The molecule has 0 spiro atoms. The number of unbranched alkanes of at least 4 members (excludes halogenated alkanes) is 2. The lowest BCUT2D eigenvalue weighted by molar-refractivity contribution is 0.0729. The van der Waals surface area contributed by atoms with Crippen LogP contribution in [0.3, 0.4) is 0 Å². The standard InChI is InChI=1S/C45H55N5O6SSi/c1-6-8-23-48(24-9-7-2)45(53)41-31-50(32-56-26-27-58(3,4)5)42(46-41)39-21-19-36(29-40(39)44(52)49-25-22-34-15-11-13-17-37(34)30-49)43(51)47-57(54,55)38-20-18-33-14-10-12-16-35(33)28-38/h10-21,28-29,31H,6-9,22-27,30,32H2,1-5H3,(H,47,51). The zero-order valence-electron chi connectivity index (χ0n) is 34.3. The maximum absolute atomic E-state index is 14.7. The van der Waals surface area contributed by atoms with Gasteiger partial charge in [0.25, 0.3) is 27.7 Å². The first-order valence-corrected chi connectivity index (χ1v) is 25.5. The summed E-state index contributed by atoms with van der Waals surface area (Å²) in [5.74, 6) is -1.07. The fourth-order valence-corrected chi connectivity index (χ4v) is 8.79. The summed E-state index contributed by atoms with van der Waals surface area (Å²) in [5, 5.41) is 1.58. The molecule has 1 aliphatic heterocycles. The molecule has 306 valence electrons. The number of ether oxygens (including phenoxy) is 1. The fourth-order valence-electron chi connectivity index (χ4n) is 7.02. The van der Waals surface area contributed by atoms with E-state index in [2.05, 4.69) is 44.3 Å². The van der Waals surface area contributed by atoms with Crippen LogP contribution in [-0.2, 0) is 34.5 Å². The molecule has 1 N–H and O–H groups in total. The highest BCUT2D eigenvalue weighted by Gasteiger charge is 2.29. The van der Waals surface area contributed by atoms with Crippen molar-refractivity contribution >= 4 is 46.6 Å². The van der Waals surface area contributed by atoms with Gasteiger partial charge in [0, 0.05) is 58.2 Å². The van der Waals surface area contributed by atoms with Crippen LogP contribution in [0, 0.1) is 0 Å². The fraction of sp³-hybridized carbons (Fsp3) is 0.378. The largest absolute Gasteiger partial charge is 0.361 e. The molecule has 1 aliphatic rings. The number of fused-ring (bicyclic) bond motifs is 2. The summed E-state index contributed by atoms with van der Waals surface area (Å²) in [7, 11) is -5.68. The smallest absolute Gasteiger partial charge is 0.274 e. The molecule has 0 saturated heterocycles. The van der Waals surface area contributed by atoms with Crippen molar-refractivity contribution in [3.05, 3.63) is 119 Å². The van der Waals surface area contributed by atoms with E-state index in [1.165, 1.54) is 29.8 Å². The molecule has 0 radical (unpaired) electrons. The molecular weight excluding hydrogens is 767 g/mol. The third kappa shape index (κ3) is 10.3. The molecule has 13 heteroatoms. The molecule has 0 saturated carbocycles.